The van der Waals surface area contributed by atoms with Crippen LogP contribution in [0.2, 0.25) is 0 Å². The van der Waals surface area contributed by atoms with Crippen LogP contribution in [0.4, 0.5) is 5.69 Å². The molecular weight excluding hydrogens is 308 g/mol. The van der Waals surface area contributed by atoms with E-state index in [4.69, 9.17) is 0 Å². The van der Waals surface area contributed by atoms with Gasteiger partial charge in [-0.1, -0.05) is 22.0 Å². The van der Waals surface area contributed by atoms with Crippen molar-refractivity contribution in [3.05, 3.63) is 28.7 Å². The number of piperidine rings is 1. The number of hydrogen-bond donors (Lipinski definition) is 1. The summed E-state index contributed by atoms with van der Waals surface area (Å²) in [7, 11) is 3.70. The largest absolute Gasteiger partial charge is 0.480 e. The molecule has 104 valence electrons. The van der Waals surface area contributed by atoms with Gasteiger partial charge in [0.05, 0.1) is 0 Å². The first-order valence-corrected chi connectivity index (χ1v) is 7.16. The maximum absolute atomic E-state index is 11.5. The first kappa shape index (κ1) is 14.3. The van der Waals surface area contributed by atoms with E-state index in [0.717, 1.165) is 23.2 Å². The number of carbonyl (C=O) groups is 1. The smallest absolute Gasteiger partial charge is 0.324 e. The Morgan fingerprint density at radius 2 is 2.00 bits per heavy atom. The molecule has 0 bridgehead atoms. The van der Waals surface area contributed by atoms with Crippen LogP contribution in [0.1, 0.15) is 12.8 Å². The molecule has 1 N–H and O–H groups in total. The number of aliphatic carboxylic acids is 1. The predicted molar refractivity (Wildman–Crippen MR) is 79.6 cm³/mol. The van der Waals surface area contributed by atoms with Gasteiger partial charge in [-0.25, -0.2) is 0 Å². The SMILES string of the molecule is CN(C)C1(C(=O)O)CCN(c2cccc(Br)c2)CC1. The lowest BCUT2D eigenvalue weighted by Gasteiger charge is -2.43. The molecule has 1 aliphatic heterocycles. The molecular formula is C14H19BrN2O2. The Morgan fingerprint density at radius 1 is 1.37 bits per heavy atom. The topological polar surface area (TPSA) is 43.8 Å². The van der Waals surface area contributed by atoms with E-state index in [-0.39, 0.29) is 0 Å². The summed E-state index contributed by atoms with van der Waals surface area (Å²) in [6.07, 6.45) is 1.28. The summed E-state index contributed by atoms with van der Waals surface area (Å²) in [6.45, 7) is 1.53. The van der Waals surface area contributed by atoms with Crippen LogP contribution in [0.3, 0.4) is 0 Å². The number of likely N-dealkylation sites (N-methyl/N-ethyl adjacent to an activating group) is 1. The van der Waals surface area contributed by atoms with Crippen LogP contribution in [0.25, 0.3) is 0 Å². The second kappa shape index (κ2) is 5.51. The summed E-state index contributed by atoms with van der Waals surface area (Å²) < 4.78 is 1.05. The van der Waals surface area contributed by atoms with Crippen LogP contribution < -0.4 is 4.90 Å². The van der Waals surface area contributed by atoms with Gasteiger partial charge in [0, 0.05) is 23.2 Å². The van der Waals surface area contributed by atoms with Crippen molar-refractivity contribution in [1.82, 2.24) is 4.90 Å². The van der Waals surface area contributed by atoms with E-state index in [1.165, 1.54) is 0 Å². The number of halogens is 1. The van der Waals surface area contributed by atoms with Gasteiger partial charge in [-0.3, -0.25) is 9.69 Å². The standard InChI is InChI=1S/C14H19BrN2O2/c1-16(2)14(13(18)19)6-8-17(9-7-14)12-5-3-4-11(15)10-12/h3-5,10H,6-9H2,1-2H3,(H,18,19). The third-order valence-corrected chi connectivity index (χ3v) is 4.51. The van der Waals surface area contributed by atoms with Crippen molar-refractivity contribution in [1.29, 1.82) is 0 Å². The second-order valence-electron chi connectivity index (χ2n) is 5.20. The molecule has 1 aliphatic rings. The molecule has 0 amide bonds. The molecule has 0 aromatic heterocycles. The van der Waals surface area contributed by atoms with Crippen LogP contribution in [-0.4, -0.2) is 48.7 Å². The zero-order chi connectivity index (χ0) is 14.0. The fourth-order valence-electron chi connectivity index (χ4n) is 2.66. The highest BCUT2D eigenvalue weighted by molar-refractivity contribution is 9.10. The van der Waals surface area contributed by atoms with E-state index in [0.29, 0.717) is 12.8 Å². The summed E-state index contributed by atoms with van der Waals surface area (Å²) in [4.78, 5) is 15.6. The van der Waals surface area contributed by atoms with Gasteiger partial charge in [0.2, 0.25) is 0 Å². The van der Waals surface area contributed by atoms with E-state index in [9.17, 15) is 9.90 Å². The molecule has 19 heavy (non-hydrogen) atoms. The lowest BCUT2D eigenvalue weighted by Crippen LogP contribution is -2.57. The molecule has 2 rings (SSSR count). The van der Waals surface area contributed by atoms with Gasteiger partial charge in [0.1, 0.15) is 5.54 Å². The first-order chi connectivity index (χ1) is 8.95. The average Bonchev–Trinajstić information content (AvgIpc) is 2.38. The van der Waals surface area contributed by atoms with Gasteiger partial charge in [0.25, 0.3) is 0 Å². The summed E-state index contributed by atoms with van der Waals surface area (Å²) >= 11 is 3.47. The molecule has 0 radical (unpaired) electrons. The molecule has 1 aromatic rings. The minimum absolute atomic E-state index is 0.641. The minimum Gasteiger partial charge on any atom is -0.480 e. The number of benzene rings is 1. The third kappa shape index (κ3) is 2.77. The molecule has 1 heterocycles. The van der Waals surface area contributed by atoms with E-state index in [1.54, 1.807) is 0 Å². The highest BCUT2D eigenvalue weighted by Crippen LogP contribution is 2.31. The Balaban J connectivity index is 2.12. The quantitative estimate of drug-likeness (QED) is 0.926. The van der Waals surface area contributed by atoms with Gasteiger partial charge < -0.3 is 10.0 Å². The van der Waals surface area contributed by atoms with Crippen LogP contribution in [0.5, 0.6) is 0 Å². The lowest BCUT2D eigenvalue weighted by molar-refractivity contribution is -0.151. The maximum atomic E-state index is 11.5. The number of carboxylic acids is 1. The highest BCUT2D eigenvalue weighted by atomic mass is 79.9. The van der Waals surface area contributed by atoms with Crippen molar-refractivity contribution in [2.45, 2.75) is 18.4 Å². The molecule has 0 aliphatic carbocycles. The van der Waals surface area contributed by atoms with E-state index in [1.807, 2.05) is 31.1 Å². The number of carboxylic acid groups (broad SMARTS) is 1. The van der Waals surface area contributed by atoms with Crippen molar-refractivity contribution in [2.75, 3.05) is 32.1 Å². The summed E-state index contributed by atoms with van der Waals surface area (Å²) in [5.74, 6) is -0.716. The zero-order valence-corrected chi connectivity index (χ0v) is 12.9. The van der Waals surface area contributed by atoms with Crippen LogP contribution in [-0.2, 0) is 4.79 Å². The molecule has 5 heteroatoms. The predicted octanol–water partition coefficient (Wildman–Crippen LogP) is 2.43. The Morgan fingerprint density at radius 3 is 2.47 bits per heavy atom. The average molecular weight is 327 g/mol. The number of rotatable bonds is 3. The fraction of sp³-hybridized carbons (Fsp3) is 0.500. The first-order valence-electron chi connectivity index (χ1n) is 6.37. The molecule has 1 aromatic carbocycles. The molecule has 0 unspecified atom stereocenters. The van der Waals surface area contributed by atoms with Crippen molar-refractivity contribution < 1.29 is 9.90 Å². The zero-order valence-electron chi connectivity index (χ0n) is 11.3. The van der Waals surface area contributed by atoms with Crippen LogP contribution in [0, 0.1) is 0 Å². The van der Waals surface area contributed by atoms with Crippen molar-refractivity contribution in [3.8, 4) is 0 Å². The van der Waals surface area contributed by atoms with Crippen molar-refractivity contribution in [3.63, 3.8) is 0 Å². The molecule has 0 saturated carbocycles. The van der Waals surface area contributed by atoms with Gasteiger partial charge in [0.15, 0.2) is 0 Å². The van der Waals surface area contributed by atoms with Crippen LogP contribution in [0.15, 0.2) is 28.7 Å². The van der Waals surface area contributed by atoms with Gasteiger partial charge in [-0.05, 0) is 45.1 Å². The summed E-state index contributed by atoms with van der Waals surface area (Å²) in [5.41, 5.74) is 0.426. The molecule has 0 atom stereocenters. The Hall–Kier alpha value is -1.07. The molecule has 1 fully saturated rings. The Bertz CT molecular complexity index is 468. The fourth-order valence-corrected chi connectivity index (χ4v) is 3.05. The van der Waals surface area contributed by atoms with Gasteiger partial charge >= 0.3 is 5.97 Å². The van der Waals surface area contributed by atoms with E-state index < -0.39 is 11.5 Å². The normalized spacial score (nSPS) is 18.6. The Kier molecular flexibility index (Phi) is 4.16. The second-order valence-corrected chi connectivity index (χ2v) is 6.11. The van der Waals surface area contributed by atoms with Gasteiger partial charge in [-0.15, -0.1) is 0 Å². The number of anilines is 1. The monoisotopic (exact) mass is 326 g/mol. The number of hydrogen-bond acceptors (Lipinski definition) is 3. The maximum Gasteiger partial charge on any atom is 0.324 e. The highest BCUT2D eigenvalue weighted by Gasteiger charge is 2.43. The van der Waals surface area contributed by atoms with Crippen molar-refractivity contribution in [2.24, 2.45) is 0 Å². The minimum atomic E-state index is -0.720. The number of nitrogens with zero attached hydrogens (tertiary/aromatic N) is 2. The van der Waals surface area contributed by atoms with E-state index in [2.05, 4.69) is 33.0 Å². The summed E-state index contributed by atoms with van der Waals surface area (Å²) in [5, 5.41) is 9.49. The third-order valence-electron chi connectivity index (χ3n) is 4.02. The molecule has 0 spiro atoms. The Labute approximate surface area is 122 Å². The van der Waals surface area contributed by atoms with Gasteiger partial charge in [-0.2, -0.15) is 0 Å². The lowest BCUT2D eigenvalue weighted by atomic mass is 9.86. The molecule has 4 nitrogen and oxygen atoms in total. The van der Waals surface area contributed by atoms with Crippen LogP contribution >= 0.6 is 15.9 Å². The van der Waals surface area contributed by atoms with Crippen molar-refractivity contribution >= 4 is 27.6 Å². The van der Waals surface area contributed by atoms with E-state index >= 15 is 0 Å². The summed E-state index contributed by atoms with van der Waals surface area (Å²) in [6, 6.07) is 8.14. The molecule has 1 saturated heterocycles.